The van der Waals surface area contributed by atoms with Crippen LogP contribution in [0.4, 0.5) is 0 Å². The third kappa shape index (κ3) is 4.10. The van der Waals surface area contributed by atoms with Gasteiger partial charge in [0.05, 0.1) is 25.9 Å². The van der Waals surface area contributed by atoms with E-state index in [1.54, 1.807) is 18.4 Å². The molecular formula is C16H16O3S. The smallest absolute Gasteiger partial charge is 0.134 e. The summed E-state index contributed by atoms with van der Waals surface area (Å²) in [6, 6.07) is 9.81. The van der Waals surface area contributed by atoms with Gasteiger partial charge >= 0.3 is 0 Å². The molecule has 0 atom stereocenters. The van der Waals surface area contributed by atoms with Gasteiger partial charge in [0.2, 0.25) is 0 Å². The maximum absolute atomic E-state index is 8.77. The first kappa shape index (κ1) is 14.6. The average molecular weight is 288 g/mol. The number of aliphatic hydroxyl groups is 1. The van der Waals surface area contributed by atoms with E-state index in [2.05, 4.69) is 17.9 Å². The van der Waals surface area contributed by atoms with Crippen molar-refractivity contribution in [2.45, 2.75) is 13.2 Å². The van der Waals surface area contributed by atoms with Gasteiger partial charge in [0.25, 0.3) is 0 Å². The summed E-state index contributed by atoms with van der Waals surface area (Å²) in [5.74, 6) is 6.21. The Hall–Kier alpha value is -1.80. The van der Waals surface area contributed by atoms with Crippen molar-refractivity contribution in [3.05, 3.63) is 51.7 Å². The molecule has 4 heteroatoms. The highest BCUT2D eigenvalue weighted by Gasteiger charge is 2.03. The fourth-order valence-electron chi connectivity index (χ4n) is 1.74. The maximum Gasteiger partial charge on any atom is 0.134 e. The second kappa shape index (κ2) is 7.71. The lowest BCUT2D eigenvalue weighted by atomic mass is 10.1. The molecule has 0 amide bonds. The molecular weight excluding hydrogens is 272 g/mol. The first-order valence-corrected chi connectivity index (χ1v) is 7.08. The summed E-state index contributed by atoms with van der Waals surface area (Å²) in [4.78, 5) is 1.21. The van der Waals surface area contributed by atoms with E-state index in [-0.39, 0.29) is 6.61 Å². The van der Waals surface area contributed by atoms with Gasteiger partial charge in [0.1, 0.15) is 12.4 Å². The molecule has 0 saturated heterocycles. The molecule has 0 spiro atoms. The van der Waals surface area contributed by atoms with E-state index in [9.17, 15) is 0 Å². The lowest BCUT2D eigenvalue weighted by molar-refractivity contribution is 0.109. The number of methoxy groups -OCH3 is 1. The molecule has 1 aromatic carbocycles. The standard InChI is InChI=1S/C16H16O3S/c1-18-16-7-6-13(10-14(16)4-2-8-17)11-19-12-15-5-3-9-20-15/h3,5-7,9-10,17H,8,11-12H2,1H3. The summed E-state index contributed by atoms with van der Waals surface area (Å²) in [5.41, 5.74) is 1.79. The molecule has 1 heterocycles. The molecule has 0 aliphatic carbocycles. The monoisotopic (exact) mass is 288 g/mol. The summed E-state index contributed by atoms with van der Waals surface area (Å²) >= 11 is 1.68. The molecule has 3 nitrogen and oxygen atoms in total. The summed E-state index contributed by atoms with van der Waals surface area (Å²) < 4.78 is 10.9. The maximum atomic E-state index is 8.77. The van der Waals surface area contributed by atoms with Gasteiger partial charge in [-0.05, 0) is 29.1 Å². The zero-order valence-electron chi connectivity index (χ0n) is 11.3. The van der Waals surface area contributed by atoms with Crippen molar-refractivity contribution >= 4 is 11.3 Å². The van der Waals surface area contributed by atoms with Gasteiger partial charge in [-0.15, -0.1) is 11.3 Å². The van der Waals surface area contributed by atoms with E-state index >= 15 is 0 Å². The SMILES string of the molecule is COc1ccc(COCc2cccs2)cc1C#CCO. The summed E-state index contributed by atoms with van der Waals surface area (Å²) in [6.07, 6.45) is 0. The van der Waals surface area contributed by atoms with Crippen molar-refractivity contribution in [3.63, 3.8) is 0 Å². The number of rotatable bonds is 5. The Morgan fingerprint density at radius 3 is 2.85 bits per heavy atom. The molecule has 20 heavy (non-hydrogen) atoms. The molecule has 0 fully saturated rings. The highest BCUT2D eigenvalue weighted by Crippen LogP contribution is 2.20. The van der Waals surface area contributed by atoms with Crippen molar-refractivity contribution in [2.75, 3.05) is 13.7 Å². The van der Waals surface area contributed by atoms with Crippen molar-refractivity contribution in [3.8, 4) is 17.6 Å². The second-order valence-electron chi connectivity index (χ2n) is 4.07. The molecule has 104 valence electrons. The largest absolute Gasteiger partial charge is 0.495 e. The Balaban J connectivity index is 2.01. The molecule has 0 aliphatic heterocycles. The average Bonchev–Trinajstić information content (AvgIpc) is 2.98. The van der Waals surface area contributed by atoms with Crippen LogP contribution in [0.3, 0.4) is 0 Å². The molecule has 0 saturated carbocycles. The van der Waals surface area contributed by atoms with Crippen LogP contribution >= 0.6 is 11.3 Å². The molecule has 0 radical (unpaired) electrons. The van der Waals surface area contributed by atoms with Crippen molar-refractivity contribution in [1.29, 1.82) is 0 Å². The second-order valence-corrected chi connectivity index (χ2v) is 5.10. The van der Waals surface area contributed by atoms with E-state index < -0.39 is 0 Å². The van der Waals surface area contributed by atoms with Gasteiger partial charge in [-0.25, -0.2) is 0 Å². The van der Waals surface area contributed by atoms with Crippen molar-refractivity contribution in [1.82, 2.24) is 0 Å². The Morgan fingerprint density at radius 2 is 2.15 bits per heavy atom. The zero-order valence-corrected chi connectivity index (χ0v) is 12.1. The fourth-order valence-corrected chi connectivity index (χ4v) is 2.38. The van der Waals surface area contributed by atoms with E-state index in [1.807, 2.05) is 29.6 Å². The number of ether oxygens (including phenoxy) is 2. The lowest BCUT2D eigenvalue weighted by Gasteiger charge is -2.07. The number of hydrogen-bond donors (Lipinski definition) is 1. The summed E-state index contributed by atoms with van der Waals surface area (Å²) in [6.45, 7) is 0.972. The van der Waals surface area contributed by atoms with Crippen LogP contribution in [-0.4, -0.2) is 18.8 Å². The topological polar surface area (TPSA) is 38.7 Å². The van der Waals surface area contributed by atoms with Gasteiger partial charge in [0.15, 0.2) is 0 Å². The van der Waals surface area contributed by atoms with Crippen LogP contribution < -0.4 is 4.74 Å². The highest BCUT2D eigenvalue weighted by molar-refractivity contribution is 7.09. The quantitative estimate of drug-likeness (QED) is 0.860. The fraction of sp³-hybridized carbons (Fsp3) is 0.250. The first-order valence-electron chi connectivity index (χ1n) is 6.20. The van der Waals surface area contributed by atoms with Crippen LogP contribution in [0.1, 0.15) is 16.0 Å². The van der Waals surface area contributed by atoms with Crippen LogP contribution in [0.25, 0.3) is 0 Å². The third-order valence-corrected chi connectivity index (χ3v) is 3.51. The minimum Gasteiger partial charge on any atom is -0.495 e. The number of aliphatic hydroxyl groups excluding tert-OH is 1. The molecule has 0 aliphatic rings. The van der Waals surface area contributed by atoms with Crippen LogP contribution in [0.2, 0.25) is 0 Å². The predicted molar refractivity (Wildman–Crippen MR) is 79.8 cm³/mol. The zero-order chi connectivity index (χ0) is 14.2. The Morgan fingerprint density at radius 1 is 1.25 bits per heavy atom. The van der Waals surface area contributed by atoms with E-state index in [4.69, 9.17) is 14.6 Å². The molecule has 1 aromatic heterocycles. The van der Waals surface area contributed by atoms with Gasteiger partial charge < -0.3 is 14.6 Å². The predicted octanol–water partition coefficient (Wildman–Crippen LogP) is 2.82. The van der Waals surface area contributed by atoms with Gasteiger partial charge in [0, 0.05) is 4.88 Å². The van der Waals surface area contributed by atoms with Crippen LogP contribution in [0.15, 0.2) is 35.7 Å². The van der Waals surface area contributed by atoms with E-state index in [0.717, 1.165) is 11.1 Å². The van der Waals surface area contributed by atoms with Gasteiger partial charge in [-0.3, -0.25) is 0 Å². The minimum absolute atomic E-state index is 0.164. The lowest BCUT2D eigenvalue weighted by Crippen LogP contribution is -1.95. The first-order chi connectivity index (χ1) is 9.83. The molecule has 2 aromatic rings. The molecule has 0 unspecified atom stereocenters. The van der Waals surface area contributed by atoms with Gasteiger partial charge in [-0.2, -0.15) is 0 Å². The number of hydrogen-bond acceptors (Lipinski definition) is 4. The number of thiophene rings is 1. The molecule has 0 bridgehead atoms. The third-order valence-electron chi connectivity index (χ3n) is 2.66. The van der Waals surface area contributed by atoms with Gasteiger partial charge in [-0.1, -0.05) is 24.0 Å². The minimum atomic E-state index is -0.164. The molecule has 2 rings (SSSR count). The molecule has 1 N–H and O–H groups in total. The Bertz CT molecular complexity index is 594. The summed E-state index contributed by atoms with van der Waals surface area (Å²) in [5, 5.41) is 10.8. The summed E-state index contributed by atoms with van der Waals surface area (Å²) in [7, 11) is 1.60. The normalized spacial score (nSPS) is 9.90. The van der Waals surface area contributed by atoms with Crippen LogP contribution in [0.5, 0.6) is 5.75 Å². The van der Waals surface area contributed by atoms with Crippen molar-refractivity contribution in [2.24, 2.45) is 0 Å². The van der Waals surface area contributed by atoms with E-state index in [0.29, 0.717) is 19.0 Å². The van der Waals surface area contributed by atoms with Crippen LogP contribution in [0, 0.1) is 11.8 Å². The Labute approximate surface area is 122 Å². The highest BCUT2D eigenvalue weighted by atomic mass is 32.1. The van der Waals surface area contributed by atoms with Crippen molar-refractivity contribution < 1.29 is 14.6 Å². The number of benzene rings is 1. The van der Waals surface area contributed by atoms with Crippen LogP contribution in [-0.2, 0) is 18.0 Å². The van der Waals surface area contributed by atoms with E-state index in [1.165, 1.54) is 4.88 Å². The Kier molecular flexibility index (Phi) is 5.63.